The van der Waals surface area contributed by atoms with Gasteiger partial charge in [0.1, 0.15) is 11.6 Å². The molecule has 144 valence electrons. The fourth-order valence-corrected chi connectivity index (χ4v) is 3.67. The average Bonchev–Trinajstić information content (AvgIpc) is 3.29. The molecule has 1 amide bonds. The summed E-state index contributed by atoms with van der Waals surface area (Å²) in [6.45, 7) is 4.40. The maximum absolute atomic E-state index is 13.3. The van der Waals surface area contributed by atoms with E-state index in [4.69, 9.17) is 0 Å². The molecule has 9 nitrogen and oxygen atoms in total. The Balaban J connectivity index is 1.71. The van der Waals surface area contributed by atoms with Gasteiger partial charge in [-0.3, -0.25) is 4.79 Å². The van der Waals surface area contributed by atoms with E-state index in [1.807, 2.05) is 13.8 Å². The number of halogens is 1. The first-order valence-corrected chi connectivity index (χ1v) is 8.57. The normalized spacial score (nSPS) is 18.0. The Bertz CT molecular complexity index is 1060. The van der Waals surface area contributed by atoms with Crippen LogP contribution in [0.25, 0.3) is 5.69 Å². The second-order valence-electron chi connectivity index (χ2n) is 7.35. The fraction of sp³-hybridized carbons (Fsp3) is 0.278. The highest BCUT2D eigenvalue weighted by Gasteiger charge is 2.52. The number of likely N-dealkylation sites (tertiary alicyclic amines) is 1. The van der Waals surface area contributed by atoms with Crippen molar-refractivity contribution < 1.29 is 14.1 Å². The summed E-state index contributed by atoms with van der Waals surface area (Å²) >= 11 is 0. The van der Waals surface area contributed by atoms with Crippen molar-refractivity contribution in [3.8, 4) is 5.69 Å². The summed E-state index contributed by atoms with van der Waals surface area (Å²) in [5.41, 5.74) is 0.320. The molecule has 10 heteroatoms. The predicted molar refractivity (Wildman–Crippen MR) is 96.3 cm³/mol. The van der Waals surface area contributed by atoms with Crippen LogP contribution in [0.5, 0.6) is 0 Å². The van der Waals surface area contributed by atoms with Crippen LogP contribution >= 0.6 is 0 Å². The van der Waals surface area contributed by atoms with Crippen LogP contribution in [-0.4, -0.2) is 42.0 Å². The van der Waals surface area contributed by atoms with Crippen molar-refractivity contribution in [2.24, 2.45) is 5.41 Å². The second kappa shape index (κ2) is 6.25. The third-order valence-electron chi connectivity index (χ3n) is 4.94. The van der Waals surface area contributed by atoms with Crippen LogP contribution in [0.2, 0.25) is 0 Å². The molecule has 3 heterocycles. The Morgan fingerprint density at radius 2 is 2.07 bits per heavy atom. The van der Waals surface area contributed by atoms with Crippen LogP contribution in [0, 0.1) is 21.3 Å². The van der Waals surface area contributed by atoms with Gasteiger partial charge < -0.3 is 19.6 Å². The van der Waals surface area contributed by atoms with Crippen molar-refractivity contribution in [1.82, 2.24) is 24.6 Å². The molecule has 0 aliphatic carbocycles. The smallest absolute Gasteiger partial charge is 0.355 e. The van der Waals surface area contributed by atoms with Crippen LogP contribution in [0.1, 0.15) is 36.1 Å². The van der Waals surface area contributed by atoms with E-state index >= 15 is 0 Å². The number of carbonyl (C=O) groups is 1. The van der Waals surface area contributed by atoms with Crippen molar-refractivity contribution in [3.05, 3.63) is 70.2 Å². The average molecular weight is 384 g/mol. The van der Waals surface area contributed by atoms with E-state index in [9.17, 15) is 19.3 Å². The lowest BCUT2D eigenvalue weighted by molar-refractivity contribution is -0.389. The highest BCUT2D eigenvalue weighted by molar-refractivity contribution is 5.98. The lowest BCUT2D eigenvalue weighted by atomic mass is 9.74. The molecule has 1 saturated heterocycles. The molecule has 0 saturated carbocycles. The van der Waals surface area contributed by atoms with Gasteiger partial charge in [0, 0.05) is 30.0 Å². The number of hydrogen-bond donors (Lipinski definition) is 1. The van der Waals surface area contributed by atoms with Gasteiger partial charge in [-0.25, -0.2) is 9.37 Å². The number of imidazole rings is 1. The molecule has 28 heavy (non-hydrogen) atoms. The van der Waals surface area contributed by atoms with Crippen molar-refractivity contribution in [1.29, 1.82) is 0 Å². The molecule has 1 aliphatic heterocycles. The van der Waals surface area contributed by atoms with Gasteiger partial charge >= 0.3 is 5.82 Å². The number of H-pyrrole nitrogens is 1. The van der Waals surface area contributed by atoms with Gasteiger partial charge in [0.2, 0.25) is 0 Å². The minimum atomic E-state index is -0.667. The summed E-state index contributed by atoms with van der Waals surface area (Å²) < 4.78 is 15.1. The number of nitrogens with zero attached hydrogens (tertiary/aromatic N) is 5. The van der Waals surface area contributed by atoms with Crippen molar-refractivity contribution >= 4 is 11.7 Å². The Labute approximate surface area is 159 Å². The van der Waals surface area contributed by atoms with Crippen LogP contribution in [0.4, 0.5) is 10.2 Å². The van der Waals surface area contributed by atoms with Gasteiger partial charge in [-0.2, -0.15) is 0 Å². The molecule has 1 N–H and O–H groups in total. The number of amides is 1. The highest BCUT2D eigenvalue weighted by atomic mass is 19.1. The number of nitro groups is 1. The van der Waals surface area contributed by atoms with Gasteiger partial charge in [0.15, 0.2) is 5.56 Å². The van der Waals surface area contributed by atoms with Gasteiger partial charge in [-0.15, -0.1) is 5.10 Å². The van der Waals surface area contributed by atoms with E-state index in [0.717, 1.165) is 6.20 Å². The zero-order valence-corrected chi connectivity index (χ0v) is 15.2. The van der Waals surface area contributed by atoms with Gasteiger partial charge in [0.25, 0.3) is 5.91 Å². The molecule has 1 aliphatic rings. The molecule has 0 radical (unpaired) electrons. The summed E-state index contributed by atoms with van der Waals surface area (Å²) in [6.07, 6.45) is 4.51. The minimum Gasteiger partial charge on any atom is -0.358 e. The molecule has 0 spiro atoms. The maximum Gasteiger partial charge on any atom is 0.355 e. The van der Waals surface area contributed by atoms with Crippen molar-refractivity contribution in [2.45, 2.75) is 19.9 Å². The molecule has 1 aromatic carbocycles. The lowest BCUT2D eigenvalue weighted by Crippen LogP contribution is -2.58. The first kappa shape index (κ1) is 17.8. The molecule has 1 fully saturated rings. The molecular formula is C18H17FN6O3. The number of nitrogens with one attached hydrogen (secondary N) is 1. The van der Waals surface area contributed by atoms with Gasteiger partial charge in [0.05, 0.1) is 12.2 Å². The van der Waals surface area contributed by atoms with Crippen molar-refractivity contribution in [3.63, 3.8) is 0 Å². The number of carbonyl (C=O) groups excluding carboxylic acids is 1. The predicted octanol–water partition coefficient (Wildman–Crippen LogP) is 2.87. The highest BCUT2D eigenvalue weighted by Crippen LogP contribution is 2.49. The number of aromatic amines is 1. The molecule has 1 unspecified atom stereocenters. The lowest BCUT2D eigenvalue weighted by Gasteiger charge is -2.53. The molecule has 3 aromatic rings. The molecule has 1 atom stereocenters. The third-order valence-corrected chi connectivity index (χ3v) is 4.94. The van der Waals surface area contributed by atoms with Gasteiger partial charge in [-0.05, 0) is 29.2 Å². The van der Waals surface area contributed by atoms with E-state index in [1.165, 1.54) is 12.1 Å². The molecule has 0 bridgehead atoms. The number of hydrogen-bond acceptors (Lipinski definition) is 5. The zero-order valence-electron chi connectivity index (χ0n) is 15.2. The van der Waals surface area contributed by atoms with E-state index in [0.29, 0.717) is 18.1 Å². The van der Waals surface area contributed by atoms with Crippen LogP contribution < -0.4 is 0 Å². The van der Waals surface area contributed by atoms with E-state index in [-0.39, 0.29) is 16.8 Å². The van der Waals surface area contributed by atoms with Gasteiger partial charge in [-0.1, -0.05) is 18.9 Å². The topological polar surface area (TPSA) is 110 Å². The van der Waals surface area contributed by atoms with Crippen molar-refractivity contribution in [2.75, 3.05) is 6.54 Å². The Hall–Kier alpha value is -3.56. The first-order chi connectivity index (χ1) is 13.3. The zero-order chi connectivity index (χ0) is 20.1. The Morgan fingerprint density at radius 1 is 1.36 bits per heavy atom. The molecular weight excluding hydrogens is 367 g/mol. The fourth-order valence-electron chi connectivity index (χ4n) is 3.67. The number of aromatic nitrogens is 4. The largest absolute Gasteiger partial charge is 0.358 e. The van der Waals surface area contributed by atoms with E-state index in [2.05, 4.69) is 15.2 Å². The van der Waals surface area contributed by atoms with E-state index < -0.39 is 22.7 Å². The summed E-state index contributed by atoms with van der Waals surface area (Å²) in [4.78, 5) is 29.4. The minimum absolute atomic E-state index is 0.0922. The molecule has 2 aromatic heterocycles. The first-order valence-electron chi connectivity index (χ1n) is 8.57. The number of rotatable bonds is 4. The third kappa shape index (κ3) is 2.73. The van der Waals surface area contributed by atoms with E-state index in [1.54, 1.807) is 34.0 Å². The quantitative estimate of drug-likeness (QED) is 0.549. The number of benzene rings is 1. The second-order valence-corrected chi connectivity index (χ2v) is 7.35. The molecule has 4 rings (SSSR count). The summed E-state index contributed by atoms with van der Waals surface area (Å²) in [7, 11) is 0. The summed E-state index contributed by atoms with van der Waals surface area (Å²) in [6, 6.07) is 5.54. The SMILES string of the molecule is CC1(C)CN(C(=O)c2cn[nH]c2[N+](=O)[O-])C1c1nccn1-c1ccc(F)cc1. The summed E-state index contributed by atoms with van der Waals surface area (Å²) in [5, 5.41) is 17.0. The standard InChI is InChI=1S/C18H17FN6O3/c1-18(2)10-24(17(26)13-9-21-22-15(13)25(27)28)14(18)16-20-7-8-23(16)12-5-3-11(19)4-6-12/h3-9,14H,10H2,1-2H3,(H,21,22). The Morgan fingerprint density at radius 3 is 2.71 bits per heavy atom. The Kier molecular flexibility index (Phi) is 3.98. The van der Waals surface area contributed by atoms with Crippen LogP contribution in [0.3, 0.4) is 0 Å². The van der Waals surface area contributed by atoms with Crippen LogP contribution in [-0.2, 0) is 0 Å². The summed E-state index contributed by atoms with van der Waals surface area (Å²) in [5.74, 6) is -0.672. The maximum atomic E-state index is 13.3. The van der Waals surface area contributed by atoms with Crippen LogP contribution in [0.15, 0.2) is 42.9 Å². The monoisotopic (exact) mass is 384 g/mol.